The second-order valence-corrected chi connectivity index (χ2v) is 4.34. The molecule has 3 aromatic rings. The van der Waals surface area contributed by atoms with Gasteiger partial charge >= 0.3 is 0 Å². The Labute approximate surface area is 115 Å². The fraction of sp³-hybridized carbons (Fsp3) is 0.133. The first-order chi connectivity index (χ1) is 9.83. The molecule has 0 radical (unpaired) electrons. The molecule has 2 heterocycles. The summed E-state index contributed by atoms with van der Waals surface area (Å²) in [7, 11) is 0. The Morgan fingerprint density at radius 1 is 1.05 bits per heavy atom. The van der Waals surface area contributed by atoms with Crippen molar-refractivity contribution in [1.29, 1.82) is 0 Å². The second kappa shape index (κ2) is 5.61. The Kier molecular flexibility index (Phi) is 3.50. The van der Waals surface area contributed by atoms with Crippen molar-refractivity contribution in [3.63, 3.8) is 0 Å². The van der Waals surface area contributed by atoms with E-state index in [1.165, 1.54) is 6.07 Å². The molecule has 0 atom stereocenters. The minimum Gasteiger partial charge on any atom is -0.339 e. The molecule has 4 nitrogen and oxygen atoms in total. The van der Waals surface area contributed by atoms with Gasteiger partial charge in [-0.3, -0.25) is 4.98 Å². The maximum Gasteiger partial charge on any atom is 0.227 e. The molecule has 5 heteroatoms. The number of hydrogen-bond acceptors (Lipinski definition) is 4. The number of aryl methyl sites for hydroxylation is 2. The quantitative estimate of drug-likeness (QED) is 0.730. The van der Waals surface area contributed by atoms with Crippen molar-refractivity contribution in [2.24, 2.45) is 0 Å². The fourth-order valence-electron chi connectivity index (χ4n) is 1.91. The van der Waals surface area contributed by atoms with Gasteiger partial charge in [0.05, 0.1) is 0 Å². The highest BCUT2D eigenvalue weighted by Crippen LogP contribution is 2.15. The summed E-state index contributed by atoms with van der Waals surface area (Å²) >= 11 is 0. The molecule has 0 aliphatic heterocycles. The molecule has 20 heavy (non-hydrogen) atoms. The van der Waals surface area contributed by atoms with Crippen LogP contribution in [0.15, 0.2) is 53.3 Å². The van der Waals surface area contributed by atoms with Gasteiger partial charge in [0.15, 0.2) is 0 Å². The van der Waals surface area contributed by atoms with Gasteiger partial charge in [-0.25, -0.2) is 4.39 Å². The minimum atomic E-state index is -0.209. The molecule has 0 aliphatic carbocycles. The number of rotatable bonds is 4. The van der Waals surface area contributed by atoms with E-state index in [-0.39, 0.29) is 5.82 Å². The van der Waals surface area contributed by atoms with Gasteiger partial charge < -0.3 is 4.52 Å². The Hall–Kier alpha value is -2.56. The van der Waals surface area contributed by atoms with Crippen molar-refractivity contribution in [2.75, 3.05) is 0 Å². The van der Waals surface area contributed by atoms with Gasteiger partial charge in [-0.2, -0.15) is 4.98 Å². The van der Waals surface area contributed by atoms with Crippen LogP contribution in [0.5, 0.6) is 0 Å². The molecule has 0 fully saturated rings. The number of nitrogens with zero attached hydrogens (tertiary/aromatic N) is 3. The van der Waals surface area contributed by atoms with E-state index in [4.69, 9.17) is 4.52 Å². The van der Waals surface area contributed by atoms with Crippen molar-refractivity contribution in [3.8, 4) is 11.4 Å². The standard InChI is InChI=1S/C15H12FN3O/c16-13-6-2-1-4-11(13)7-8-14-18-15(19-20-14)12-5-3-9-17-10-12/h1-6,9-10H,7-8H2. The normalized spacial score (nSPS) is 10.7. The zero-order valence-electron chi connectivity index (χ0n) is 10.7. The van der Waals surface area contributed by atoms with Crippen LogP contribution in [-0.2, 0) is 12.8 Å². The molecule has 0 unspecified atom stereocenters. The third-order valence-corrected chi connectivity index (χ3v) is 2.95. The number of halogens is 1. The highest BCUT2D eigenvalue weighted by Gasteiger charge is 2.09. The Bertz CT molecular complexity index is 697. The number of benzene rings is 1. The van der Waals surface area contributed by atoms with Gasteiger partial charge in [0.2, 0.25) is 11.7 Å². The molecule has 2 aromatic heterocycles. The maximum atomic E-state index is 13.5. The van der Waals surface area contributed by atoms with Crippen LogP contribution in [-0.4, -0.2) is 15.1 Å². The highest BCUT2D eigenvalue weighted by molar-refractivity contribution is 5.51. The topological polar surface area (TPSA) is 51.8 Å². The van der Waals surface area contributed by atoms with Crippen LogP contribution in [0.2, 0.25) is 0 Å². The first kappa shape index (κ1) is 12.5. The predicted octanol–water partition coefficient (Wildman–Crippen LogP) is 3.06. The van der Waals surface area contributed by atoms with Crippen LogP contribution < -0.4 is 0 Å². The van der Waals surface area contributed by atoms with Crippen LogP contribution in [0.3, 0.4) is 0 Å². The molecular weight excluding hydrogens is 257 g/mol. The molecule has 0 saturated heterocycles. The van der Waals surface area contributed by atoms with Crippen molar-refractivity contribution in [1.82, 2.24) is 15.1 Å². The number of hydrogen-bond donors (Lipinski definition) is 0. The Balaban J connectivity index is 1.71. The summed E-state index contributed by atoms with van der Waals surface area (Å²) in [5.41, 5.74) is 1.45. The first-order valence-corrected chi connectivity index (χ1v) is 6.29. The average Bonchev–Trinajstić information content (AvgIpc) is 2.96. The van der Waals surface area contributed by atoms with Gasteiger partial charge in [-0.15, -0.1) is 0 Å². The monoisotopic (exact) mass is 269 g/mol. The molecular formula is C15H12FN3O. The lowest BCUT2D eigenvalue weighted by Crippen LogP contribution is -1.94. The van der Waals surface area contributed by atoms with Crippen molar-refractivity contribution in [2.45, 2.75) is 12.8 Å². The van der Waals surface area contributed by atoms with Crippen molar-refractivity contribution < 1.29 is 8.91 Å². The van der Waals surface area contributed by atoms with Gasteiger partial charge in [0.25, 0.3) is 0 Å². The molecule has 100 valence electrons. The third-order valence-electron chi connectivity index (χ3n) is 2.95. The third kappa shape index (κ3) is 2.71. The Morgan fingerprint density at radius 2 is 1.95 bits per heavy atom. The SMILES string of the molecule is Fc1ccccc1CCc1nc(-c2cccnc2)no1. The van der Waals surface area contributed by atoms with Crippen LogP contribution in [0.4, 0.5) is 4.39 Å². The lowest BCUT2D eigenvalue weighted by Gasteiger charge is -1.99. The minimum absolute atomic E-state index is 0.209. The summed E-state index contributed by atoms with van der Waals surface area (Å²) in [6, 6.07) is 10.4. The number of pyridine rings is 1. The van der Waals surface area contributed by atoms with Crippen LogP contribution in [0.25, 0.3) is 11.4 Å². The van der Waals surface area contributed by atoms with E-state index in [2.05, 4.69) is 15.1 Å². The van der Waals surface area contributed by atoms with E-state index in [1.54, 1.807) is 24.5 Å². The van der Waals surface area contributed by atoms with Gasteiger partial charge in [-0.05, 0) is 30.2 Å². The smallest absolute Gasteiger partial charge is 0.227 e. The van der Waals surface area contributed by atoms with Gasteiger partial charge in [0.1, 0.15) is 5.82 Å². The summed E-state index contributed by atoms with van der Waals surface area (Å²) in [6.45, 7) is 0. The largest absolute Gasteiger partial charge is 0.339 e. The predicted molar refractivity (Wildman–Crippen MR) is 71.3 cm³/mol. The Morgan fingerprint density at radius 3 is 2.75 bits per heavy atom. The lowest BCUT2D eigenvalue weighted by molar-refractivity contribution is 0.378. The molecule has 0 spiro atoms. The summed E-state index contributed by atoms with van der Waals surface area (Å²) in [4.78, 5) is 8.29. The van der Waals surface area contributed by atoms with Crippen LogP contribution >= 0.6 is 0 Å². The van der Waals surface area contributed by atoms with Gasteiger partial charge in [0, 0.05) is 24.4 Å². The van der Waals surface area contributed by atoms with E-state index in [0.717, 1.165) is 5.56 Å². The molecule has 0 bridgehead atoms. The molecule has 1 aromatic carbocycles. The van der Waals surface area contributed by atoms with Crippen molar-refractivity contribution in [3.05, 3.63) is 66.1 Å². The van der Waals surface area contributed by atoms with E-state index in [0.29, 0.717) is 30.1 Å². The molecule has 0 amide bonds. The van der Waals surface area contributed by atoms with Gasteiger partial charge in [-0.1, -0.05) is 23.4 Å². The summed E-state index contributed by atoms with van der Waals surface area (Å²) in [6.07, 6.45) is 4.39. The van der Waals surface area contributed by atoms with E-state index in [1.807, 2.05) is 18.2 Å². The fourth-order valence-corrected chi connectivity index (χ4v) is 1.91. The van der Waals surface area contributed by atoms with E-state index in [9.17, 15) is 4.39 Å². The average molecular weight is 269 g/mol. The van der Waals surface area contributed by atoms with E-state index >= 15 is 0 Å². The first-order valence-electron chi connectivity index (χ1n) is 6.29. The lowest BCUT2D eigenvalue weighted by atomic mass is 10.1. The molecule has 0 N–H and O–H groups in total. The van der Waals surface area contributed by atoms with Crippen molar-refractivity contribution >= 4 is 0 Å². The summed E-state index contributed by atoms with van der Waals surface area (Å²) in [5, 5.41) is 3.90. The van der Waals surface area contributed by atoms with Crippen LogP contribution in [0.1, 0.15) is 11.5 Å². The summed E-state index contributed by atoms with van der Waals surface area (Å²) in [5.74, 6) is 0.785. The number of aromatic nitrogens is 3. The molecule has 3 rings (SSSR count). The molecule has 0 aliphatic rings. The summed E-state index contributed by atoms with van der Waals surface area (Å²) < 4.78 is 18.7. The highest BCUT2D eigenvalue weighted by atomic mass is 19.1. The molecule has 0 saturated carbocycles. The van der Waals surface area contributed by atoms with Crippen LogP contribution in [0, 0.1) is 5.82 Å². The second-order valence-electron chi connectivity index (χ2n) is 4.34. The zero-order valence-corrected chi connectivity index (χ0v) is 10.7. The van der Waals surface area contributed by atoms with E-state index < -0.39 is 0 Å². The zero-order chi connectivity index (χ0) is 13.8. The maximum absolute atomic E-state index is 13.5.